The van der Waals surface area contributed by atoms with Crippen molar-refractivity contribution in [2.24, 2.45) is 5.73 Å². The van der Waals surface area contributed by atoms with E-state index >= 15 is 0 Å². The number of rotatable bonds is 3. The minimum Gasteiger partial charge on any atom is -0.388 e. The van der Waals surface area contributed by atoms with Crippen LogP contribution in [0, 0.1) is 0 Å². The van der Waals surface area contributed by atoms with Crippen LogP contribution in [0.15, 0.2) is 36.5 Å². The first-order valence-electron chi connectivity index (χ1n) is 5.05. The molecule has 0 aliphatic heterocycles. The van der Waals surface area contributed by atoms with Crippen LogP contribution in [0.4, 0.5) is 11.4 Å². The molecule has 3 nitrogen and oxygen atoms in total. The summed E-state index contributed by atoms with van der Waals surface area (Å²) in [5, 5.41) is 4.12. The lowest BCUT2D eigenvalue weighted by molar-refractivity contribution is 1.29. The van der Waals surface area contributed by atoms with Gasteiger partial charge in [0.2, 0.25) is 0 Å². The Bertz CT molecular complexity index is 581. The quantitative estimate of drug-likeness (QED) is 0.847. The van der Waals surface area contributed by atoms with Gasteiger partial charge in [-0.25, -0.2) is 0 Å². The van der Waals surface area contributed by atoms with Crippen molar-refractivity contribution in [2.45, 2.75) is 0 Å². The fraction of sp³-hybridized carbons (Fsp3) is 0. The molecule has 92 valence electrons. The predicted molar refractivity (Wildman–Crippen MR) is 79.9 cm³/mol. The van der Waals surface area contributed by atoms with E-state index in [4.69, 9.17) is 41.2 Å². The SMILES string of the molecule is NC(=S)c1ncccc1Nc1c(Cl)cccc1Cl. The predicted octanol–water partition coefficient (Wildman–Crippen LogP) is 3.77. The zero-order valence-corrected chi connectivity index (χ0v) is 11.5. The fourth-order valence-electron chi connectivity index (χ4n) is 1.45. The average molecular weight is 298 g/mol. The number of hydrogen-bond acceptors (Lipinski definition) is 3. The van der Waals surface area contributed by atoms with Crippen molar-refractivity contribution >= 4 is 51.8 Å². The van der Waals surface area contributed by atoms with Crippen LogP contribution in [-0.4, -0.2) is 9.97 Å². The van der Waals surface area contributed by atoms with E-state index in [9.17, 15) is 0 Å². The van der Waals surface area contributed by atoms with Gasteiger partial charge in [0.15, 0.2) is 0 Å². The van der Waals surface area contributed by atoms with E-state index in [1.807, 2.05) is 0 Å². The molecule has 1 aromatic carbocycles. The summed E-state index contributed by atoms with van der Waals surface area (Å²) in [5.74, 6) is 0. The Morgan fingerprint density at radius 1 is 1.17 bits per heavy atom. The maximum Gasteiger partial charge on any atom is 0.124 e. The van der Waals surface area contributed by atoms with Crippen LogP contribution < -0.4 is 11.1 Å². The monoisotopic (exact) mass is 297 g/mol. The topological polar surface area (TPSA) is 50.9 Å². The van der Waals surface area contributed by atoms with Gasteiger partial charge in [0.25, 0.3) is 0 Å². The Kier molecular flexibility index (Phi) is 4.01. The van der Waals surface area contributed by atoms with Gasteiger partial charge in [0.1, 0.15) is 10.7 Å². The van der Waals surface area contributed by atoms with Gasteiger partial charge in [-0.3, -0.25) is 4.98 Å². The Balaban J connectivity index is 2.43. The second-order valence-electron chi connectivity index (χ2n) is 3.49. The molecule has 1 aromatic heterocycles. The van der Waals surface area contributed by atoms with Gasteiger partial charge in [-0.1, -0.05) is 41.5 Å². The first-order chi connectivity index (χ1) is 8.59. The number of benzene rings is 1. The van der Waals surface area contributed by atoms with Gasteiger partial charge in [0.05, 0.1) is 21.4 Å². The lowest BCUT2D eigenvalue weighted by Crippen LogP contribution is -2.14. The molecule has 3 N–H and O–H groups in total. The molecule has 0 fully saturated rings. The molecular formula is C12H9Cl2N3S. The van der Waals surface area contributed by atoms with Crippen molar-refractivity contribution in [3.05, 3.63) is 52.3 Å². The minimum atomic E-state index is 0.210. The van der Waals surface area contributed by atoms with Crippen molar-refractivity contribution < 1.29 is 0 Å². The molecule has 1 heterocycles. The second kappa shape index (κ2) is 5.52. The zero-order valence-electron chi connectivity index (χ0n) is 9.15. The summed E-state index contributed by atoms with van der Waals surface area (Å²) in [5.41, 5.74) is 7.38. The number of pyridine rings is 1. The third kappa shape index (κ3) is 2.72. The Morgan fingerprint density at radius 2 is 1.83 bits per heavy atom. The van der Waals surface area contributed by atoms with Crippen LogP contribution in [0.1, 0.15) is 5.69 Å². The van der Waals surface area contributed by atoms with Crippen LogP contribution in [-0.2, 0) is 0 Å². The molecule has 6 heteroatoms. The summed E-state index contributed by atoms with van der Waals surface area (Å²) in [6.45, 7) is 0. The van der Waals surface area contributed by atoms with Crippen LogP contribution in [0.25, 0.3) is 0 Å². The number of anilines is 2. The normalized spacial score (nSPS) is 10.1. The smallest absolute Gasteiger partial charge is 0.124 e. The van der Waals surface area contributed by atoms with E-state index < -0.39 is 0 Å². The molecule has 0 saturated carbocycles. The van der Waals surface area contributed by atoms with Gasteiger partial charge < -0.3 is 11.1 Å². The fourth-order valence-corrected chi connectivity index (χ4v) is 2.11. The molecule has 0 bridgehead atoms. The highest BCUT2D eigenvalue weighted by Crippen LogP contribution is 2.33. The van der Waals surface area contributed by atoms with Gasteiger partial charge >= 0.3 is 0 Å². The first-order valence-corrected chi connectivity index (χ1v) is 6.22. The number of aromatic nitrogens is 1. The summed E-state index contributed by atoms with van der Waals surface area (Å²) in [6.07, 6.45) is 1.62. The number of nitrogens with one attached hydrogen (secondary N) is 1. The Hall–Kier alpha value is -1.36. The van der Waals surface area contributed by atoms with Crippen molar-refractivity contribution in [1.29, 1.82) is 0 Å². The standard InChI is InChI=1S/C12H9Cl2N3S/c13-7-3-1-4-8(14)10(7)17-9-5-2-6-16-11(9)12(15)18/h1-6,17H,(H2,15,18). The third-order valence-corrected chi connectivity index (χ3v) is 3.09. The summed E-state index contributed by atoms with van der Waals surface area (Å²) in [7, 11) is 0. The largest absolute Gasteiger partial charge is 0.388 e. The maximum absolute atomic E-state index is 6.08. The average Bonchev–Trinajstić information content (AvgIpc) is 2.34. The van der Waals surface area contributed by atoms with Gasteiger partial charge in [-0.15, -0.1) is 0 Å². The van der Waals surface area contributed by atoms with Crippen molar-refractivity contribution in [2.75, 3.05) is 5.32 Å². The molecule has 0 aliphatic carbocycles. The zero-order chi connectivity index (χ0) is 13.1. The second-order valence-corrected chi connectivity index (χ2v) is 4.74. The molecule has 18 heavy (non-hydrogen) atoms. The summed E-state index contributed by atoms with van der Waals surface area (Å²) >= 11 is 17.1. The first kappa shape index (κ1) is 13.1. The van der Waals surface area contributed by atoms with E-state index in [0.717, 1.165) is 0 Å². The number of thiocarbonyl (C=S) groups is 1. The molecule has 0 aliphatic rings. The van der Waals surface area contributed by atoms with E-state index in [0.29, 0.717) is 27.1 Å². The highest BCUT2D eigenvalue weighted by molar-refractivity contribution is 7.80. The number of para-hydroxylation sites is 1. The molecular weight excluding hydrogens is 289 g/mol. The van der Waals surface area contributed by atoms with E-state index in [-0.39, 0.29) is 4.99 Å². The Morgan fingerprint density at radius 3 is 2.44 bits per heavy atom. The van der Waals surface area contributed by atoms with Gasteiger partial charge in [0, 0.05) is 6.20 Å². The molecule has 0 unspecified atom stereocenters. The molecule has 0 radical (unpaired) electrons. The summed E-state index contributed by atoms with van der Waals surface area (Å²) in [6, 6.07) is 8.84. The number of nitrogens with zero attached hydrogens (tertiary/aromatic N) is 1. The lowest BCUT2D eigenvalue weighted by Gasteiger charge is -2.12. The maximum atomic E-state index is 6.08. The van der Waals surface area contributed by atoms with E-state index in [1.54, 1.807) is 36.5 Å². The third-order valence-electron chi connectivity index (χ3n) is 2.26. The number of hydrogen-bond donors (Lipinski definition) is 2. The number of halogens is 2. The molecule has 0 amide bonds. The highest BCUT2D eigenvalue weighted by atomic mass is 35.5. The van der Waals surface area contributed by atoms with Gasteiger partial charge in [-0.2, -0.15) is 0 Å². The summed E-state index contributed by atoms with van der Waals surface area (Å²) in [4.78, 5) is 4.33. The van der Waals surface area contributed by atoms with E-state index in [2.05, 4.69) is 10.3 Å². The molecule has 2 aromatic rings. The minimum absolute atomic E-state index is 0.210. The molecule has 0 spiro atoms. The van der Waals surface area contributed by atoms with Crippen molar-refractivity contribution in [3.8, 4) is 0 Å². The molecule has 2 rings (SSSR count). The molecule has 0 atom stereocenters. The highest BCUT2D eigenvalue weighted by Gasteiger charge is 2.10. The van der Waals surface area contributed by atoms with Crippen LogP contribution >= 0.6 is 35.4 Å². The van der Waals surface area contributed by atoms with Gasteiger partial charge in [-0.05, 0) is 24.3 Å². The van der Waals surface area contributed by atoms with Crippen LogP contribution in [0.2, 0.25) is 10.0 Å². The number of nitrogens with two attached hydrogens (primary N) is 1. The Labute approximate surface area is 120 Å². The van der Waals surface area contributed by atoms with Crippen molar-refractivity contribution in [1.82, 2.24) is 4.98 Å². The van der Waals surface area contributed by atoms with Crippen LogP contribution in [0.5, 0.6) is 0 Å². The summed E-state index contributed by atoms with van der Waals surface area (Å²) < 4.78 is 0. The van der Waals surface area contributed by atoms with Crippen LogP contribution in [0.3, 0.4) is 0 Å². The van der Waals surface area contributed by atoms with Crippen molar-refractivity contribution in [3.63, 3.8) is 0 Å². The van der Waals surface area contributed by atoms with E-state index in [1.165, 1.54) is 0 Å². The lowest BCUT2D eigenvalue weighted by atomic mass is 10.2. The molecule has 0 saturated heterocycles.